The Morgan fingerprint density at radius 3 is 2.87 bits per heavy atom. The van der Waals surface area contributed by atoms with E-state index in [1.54, 1.807) is 30.3 Å². The van der Waals surface area contributed by atoms with Crippen molar-refractivity contribution in [1.29, 1.82) is 0 Å². The van der Waals surface area contributed by atoms with Gasteiger partial charge in [0.25, 0.3) is 5.91 Å². The molecule has 1 aromatic heterocycles. The second-order valence-electron chi connectivity index (χ2n) is 8.10. The van der Waals surface area contributed by atoms with Gasteiger partial charge in [-0.05, 0) is 55.5 Å². The average molecular weight is 410 g/mol. The van der Waals surface area contributed by atoms with Crippen molar-refractivity contribution >= 4 is 17.5 Å². The van der Waals surface area contributed by atoms with Gasteiger partial charge in [-0.3, -0.25) is 14.6 Å². The van der Waals surface area contributed by atoms with Crippen LogP contribution in [0, 0.1) is 5.82 Å². The van der Waals surface area contributed by atoms with Crippen molar-refractivity contribution in [2.45, 2.75) is 51.1 Å². The maximum atomic E-state index is 14.3. The lowest BCUT2D eigenvalue weighted by atomic mass is 10.0. The number of carbonyl (C=O) groups is 2. The number of carbonyl (C=O) groups excluding carboxylic acids is 2. The molecule has 2 aliphatic rings. The van der Waals surface area contributed by atoms with Crippen molar-refractivity contribution in [2.24, 2.45) is 0 Å². The Morgan fingerprint density at radius 2 is 2.13 bits per heavy atom. The SMILES string of the molecule is CCC(=O)N[C@H]1CC[C@@H](N(C)C(=O)c2ccc(-c3cc(F)c4c(c3)CCN4)nc2)C1. The van der Waals surface area contributed by atoms with Crippen LogP contribution < -0.4 is 10.6 Å². The van der Waals surface area contributed by atoms with Crippen LogP contribution >= 0.6 is 0 Å². The van der Waals surface area contributed by atoms with E-state index < -0.39 is 0 Å². The minimum absolute atomic E-state index is 0.0493. The molecule has 7 heteroatoms. The summed E-state index contributed by atoms with van der Waals surface area (Å²) in [6, 6.07) is 7.17. The highest BCUT2D eigenvalue weighted by atomic mass is 19.1. The van der Waals surface area contributed by atoms with Gasteiger partial charge in [0, 0.05) is 43.9 Å². The summed E-state index contributed by atoms with van der Waals surface area (Å²) in [5.41, 5.74) is 3.40. The number of pyridine rings is 1. The molecule has 2 aromatic rings. The van der Waals surface area contributed by atoms with E-state index in [1.807, 2.05) is 13.0 Å². The molecule has 6 nitrogen and oxygen atoms in total. The second kappa shape index (κ2) is 8.42. The van der Waals surface area contributed by atoms with Crippen molar-refractivity contribution in [1.82, 2.24) is 15.2 Å². The summed E-state index contributed by atoms with van der Waals surface area (Å²) in [5.74, 6) is -0.313. The summed E-state index contributed by atoms with van der Waals surface area (Å²) in [5, 5.41) is 6.07. The number of aromatic nitrogens is 1. The summed E-state index contributed by atoms with van der Waals surface area (Å²) in [4.78, 5) is 30.7. The Bertz CT molecular complexity index is 960. The Morgan fingerprint density at radius 1 is 1.30 bits per heavy atom. The van der Waals surface area contributed by atoms with E-state index in [0.717, 1.165) is 37.8 Å². The van der Waals surface area contributed by atoms with E-state index in [-0.39, 0.29) is 29.7 Å². The summed E-state index contributed by atoms with van der Waals surface area (Å²) in [7, 11) is 1.80. The molecule has 1 aromatic carbocycles. The first-order valence-electron chi connectivity index (χ1n) is 10.6. The highest BCUT2D eigenvalue weighted by Gasteiger charge is 2.31. The molecule has 0 spiro atoms. The monoisotopic (exact) mass is 410 g/mol. The summed E-state index contributed by atoms with van der Waals surface area (Å²) in [6.45, 7) is 2.58. The fourth-order valence-electron chi connectivity index (χ4n) is 4.36. The van der Waals surface area contributed by atoms with E-state index in [1.165, 1.54) is 6.07 Å². The predicted octanol–water partition coefficient (Wildman–Crippen LogP) is 3.38. The lowest BCUT2D eigenvalue weighted by Crippen LogP contribution is -2.38. The summed E-state index contributed by atoms with van der Waals surface area (Å²) < 4.78 is 14.3. The number of nitrogens with one attached hydrogen (secondary N) is 2. The molecule has 2 N–H and O–H groups in total. The van der Waals surface area contributed by atoms with Crippen LogP contribution in [0.5, 0.6) is 0 Å². The van der Waals surface area contributed by atoms with Crippen molar-refractivity contribution in [2.75, 3.05) is 18.9 Å². The van der Waals surface area contributed by atoms with Gasteiger partial charge in [-0.15, -0.1) is 0 Å². The molecule has 2 amide bonds. The highest BCUT2D eigenvalue weighted by Crippen LogP contribution is 2.31. The molecular formula is C23H27FN4O2. The molecule has 1 aliphatic heterocycles. The van der Waals surface area contributed by atoms with E-state index in [2.05, 4.69) is 15.6 Å². The standard InChI is InChI=1S/C23H27FN4O2/c1-3-21(29)27-17-5-6-18(12-17)28(2)23(30)15-4-7-20(26-13-15)16-10-14-8-9-25-22(14)19(24)11-16/h4,7,10-11,13,17-18,25H,3,5-6,8-9,12H2,1-2H3,(H,27,29)/t17-,18+/m0/s1. The van der Waals surface area contributed by atoms with Crippen LogP contribution in [0.3, 0.4) is 0 Å². The topological polar surface area (TPSA) is 74.3 Å². The van der Waals surface area contributed by atoms with Crippen LogP contribution in [0.15, 0.2) is 30.5 Å². The van der Waals surface area contributed by atoms with Crippen LogP contribution in [-0.4, -0.2) is 47.4 Å². The predicted molar refractivity (Wildman–Crippen MR) is 114 cm³/mol. The third kappa shape index (κ3) is 4.01. The number of hydrogen-bond acceptors (Lipinski definition) is 4. The first-order chi connectivity index (χ1) is 14.5. The normalized spacial score (nSPS) is 19.8. The minimum atomic E-state index is -0.271. The summed E-state index contributed by atoms with van der Waals surface area (Å²) in [6.07, 6.45) is 5.33. The quantitative estimate of drug-likeness (QED) is 0.793. The van der Waals surface area contributed by atoms with Gasteiger partial charge in [0.05, 0.1) is 16.9 Å². The zero-order chi connectivity index (χ0) is 21.3. The molecule has 2 heterocycles. The average Bonchev–Trinajstić information content (AvgIpc) is 3.42. The van der Waals surface area contributed by atoms with E-state index >= 15 is 0 Å². The lowest BCUT2D eigenvalue weighted by Gasteiger charge is -2.25. The lowest BCUT2D eigenvalue weighted by molar-refractivity contribution is -0.121. The smallest absolute Gasteiger partial charge is 0.255 e. The number of halogens is 1. The van der Waals surface area contributed by atoms with E-state index in [9.17, 15) is 14.0 Å². The van der Waals surface area contributed by atoms with Gasteiger partial charge in [0.15, 0.2) is 0 Å². The minimum Gasteiger partial charge on any atom is -0.382 e. The Labute approximate surface area is 175 Å². The second-order valence-corrected chi connectivity index (χ2v) is 8.10. The zero-order valence-corrected chi connectivity index (χ0v) is 17.4. The Kier molecular flexibility index (Phi) is 5.70. The Balaban J connectivity index is 1.43. The van der Waals surface area contributed by atoms with Crippen molar-refractivity contribution in [3.8, 4) is 11.3 Å². The zero-order valence-electron chi connectivity index (χ0n) is 17.4. The van der Waals surface area contributed by atoms with Gasteiger partial charge in [-0.1, -0.05) is 6.92 Å². The Hall–Kier alpha value is -2.96. The molecule has 0 unspecified atom stereocenters. The fourth-order valence-corrected chi connectivity index (χ4v) is 4.36. The first kappa shape index (κ1) is 20.3. The maximum Gasteiger partial charge on any atom is 0.255 e. The van der Waals surface area contributed by atoms with Crippen molar-refractivity contribution in [3.05, 3.63) is 47.4 Å². The van der Waals surface area contributed by atoms with Gasteiger partial charge < -0.3 is 15.5 Å². The molecule has 0 radical (unpaired) electrons. The molecule has 1 saturated carbocycles. The number of benzene rings is 1. The van der Waals surface area contributed by atoms with Crippen LogP contribution in [-0.2, 0) is 11.2 Å². The van der Waals surface area contributed by atoms with Crippen LogP contribution in [0.25, 0.3) is 11.3 Å². The van der Waals surface area contributed by atoms with Crippen LogP contribution in [0.4, 0.5) is 10.1 Å². The van der Waals surface area contributed by atoms with Crippen molar-refractivity contribution in [3.63, 3.8) is 0 Å². The molecule has 2 atom stereocenters. The molecule has 30 heavy (non-hydrogen) atoms. The van der Waals surface area contributed by atoms with Crippen LogP contribution in [0.2, 0.25) is 0 Å². The fraction of sp³-hybridized carbons (Fsp3) is 0.435. The summed E-state index contributed by atoms with van der Waals surface area (Å²) >= 11 is 0. The molecule has 4 rings (SSSR count). The van der Waals surface area contributed by atoms with Crippen molar-refractivity contribution < 1.29 is 14.0 Å². The maximum absolute atomic E-state index is 14.3. The number of amides is 2. The molecule has 1 fully saturated rings. The van der Waals surface area contributed by atoms with Crippen LogP contribution in [0.1, 0.15) is 48.5 Å². The van der Waals surface area contributed by atoms with Gasteiger partial charge in [0.2, 0.25) is 5.91 Å². The third-order valence-electron chi connectivity index (χ3n) is 6.13. The number of hydrogen-bond donors (Lipinski definition) is 2. The molecule has 0 bridgehead atoms. The molecule has 158 valence electrons. The molecule has 0 saturated heterocycles. The highest BCUT2D eigenvalue weighted by molar-refractivity contribution is 5.94. The van der Waals surface area contributed by atoms with Gasteiger partial charge in [-0.25, -0.2) is 4.39 Å². The van der Waals surface area contributed by atoms with E-state index in [0.29, 0.717) is 28.9 Å². The van der Waals surface area contributed by atoms with Gasteiger partial charge >= 0.3 is 0 Å². The van der Waals surface area contributed by atoms with E-state index in [4.69, 9.17) is 0 Å². The number of fused-ring (bicyclic) bond motifs is 1. The largest absolute Gasteiger partial charge is 0.382 e. The molecular weight excluding hydrogens is 383 g/mol. The van der Waals surface area contributed by atoms with Gasteiger partial charge in [-0.2, -0.15) is 0 Å². The number of anilines is 1. The third-order valence-corrected chi connectivity index (χ3v) is 6.13. The molecule has 1 aliphatic carbocycles. The number of nitrogens with zero attached hydrogens (tertiary/aromatic N) is 2. The van der Waals surface area contributed by atoms with Gasteiger partial charge in [0.1, 0.15) is 5.82 Å². The number of rotatable bonds is 5. The first-order valence-corrected chi connectivity index (χ1v) is 10.6.